The van der Waals surface area contributed by atoms with Crippen LogP contribution in [0.1, 0.15) is 18.3 Å². The average molecular weight is 332 g/mol. The van der Waals surface area contributed by atoms with Crippen molar-refractivity contribution in [3.63, 3.8) is 0 Å². The van der Waals surface area contributed by atoms with Crippen molar-refractivity contribution in [2.75, 3.05) is 5.32 Å². The van der Waals surface area contributed by atoms with Gasteiger partial charge >= 0.3 is 0 Å². The summed E-state index contributed by atoms with van der Waals surface area (Å²) < 4.78 is 0. The van der Waals surface area contributed by atoms with E-state index < -0.39 is 6.04 Å². The Morgan fingerprint density at radius 2 is 1.88 bits per heavy atom. The Balaban J connectivity index is 1.59. The number of aryl methyl sites for hydroxylation is 1. The molecule has 1 atom stereocenters. The van der Waals surface area contributed by atoms with Gasteiger partial charge in [-0.3, -0.25) is 9.78 Å². The molecule has 0 saturated heterocycles. The quantitative estimate of drug-likeness (QED) is 0.555. The van der Waals surface area contributed by atoms with E-state index in [0.717, 1.165) is 16.8 Å². The zero-order valence-corrected chi connectivity index (χ0v) is 14.2. The fourth-order valence-corrected chi connectivity index (χ4v) is 2.49. The molecule has 0 radical (unpaired) electrons. The Labute approximate surface area is 146 Å². The van der Waals surface area contributed by atoms with Gasteiger partial charge in [0, 0.05) is 11.4 Å². The zero-order valence-electron chi connectivity index (χ0n) is 14.2. The summed E-state index contributed by atoms with van der Waals surface area (Å²) in [5.74, 6) is -0.211. The highest BCUT2D eigenvalue weighted by Gasteiger charge is 2.11. The second-order valence-electron chi connectivity index (χ2n) is 5.87. The molecule has 2 aromatic carbocycles. The van der Waals surface area contributed by atoms with E-state index in [1.807, 2.05) is 61.5 Å². The molecule has 2 N–H and O–H groups in total. The second kappa shape index (κ2) is 7.57. The SMILES string of the molecule is Cc1cccc(/C=N/NC(=O)C(C)Nc2ccc3ccccc3c2)n1. The lowest BCUT2D eigenvalue weighted by molar-refractivity contribution is -0.121. The molecule has 0 saturated carbocycles. The summed E-state index contributed by atoms with van der Waals surface area (Å²) in [5, 5.41) is 9.45. The fourth-order valence-electron chi connectivity index (χ4n) is 2.49. The minimum Gasteiger partial charge on any atom is -0.374 e. The zero-order chi connectivity index (χ0) is 17.6. The highest BCUT2D eigenvalue weighted by molar-refractivity contribution is 5.88. The lowest BCUT2D eigenvalue weighted by atomic mass is 10.1. The van der Waals surface area contributed by atoms with Crippen molar-refractivity contribution >= 4 is 28.6 Å². The Hall–Kier alpha value is -3.21. The van der Waals surface area contributed by atoms with Crippen LogP contribution >= 0.6 is 0 Å². The lowest BCUT2D eigenvalue weighted by Crippen LogP contribution is -2.34. The van der Waals surface area contributed by atoms with Gasteiger partial charge in [0.15, 0.2) is 0 Å². The van der Waals surface area contributed by atoms with E-state index in [4.69, 9.17) is 0 Å². The van der Waals surface area contributed by atoms with Gasteiger partial charge in [0.2, 0.25) is 0 Å². The van der Waals surface area contributed by atoms with Crippen LogP contribution in [-0.4, -0.2) is 23.1 Å². The molecule has 1 aromatic heterocycles. The summed E-state index contributed by atoms with van der Waals surface area (Å²) in [7, 11) is 0. The number of amides is 1. The molecule has 0 aliphatic rings. The third-order valence-corrected chi connectivity index (χ3v) is 3.81. The number of nitrogens with zero attached hydrogens (tertiary/aromatic N) is 2. The fraction of sp³-hybridized carbons (Fsp3) is 0.150. The highest BCUT2D eigenvalue weighted by atomic mass is 16.2. The Kier molecular flexibility index (Phi) is 5.04. The van der Waals surface area contributed by atoms with Crippen LogP contribution < -0.4 is 10.7 Å². The average Bonchev–Trinajstić information content (AvgIpc) is 2.61. The summed E-state index contributed by atoms with van der Waals surface area (Å²) in [4.78, 5) is 16.5. The van der Waals surface area contributed by atoms with Crippen LogP contribution in [-0.2, 0) is 4.79 Å². The van der Waals surface area contributed by atoms with Crippen LogP contribution in [0.15, 0.2) is 65.8 Å². The van der Waals surface area contributed by atoms with Crippen molar-refractivity contribution in [3.8, 4) is 0 Å². The number of anilines is 1. The molecule has 1 amide bonds. The normalized spacial score (nSPS) is 12.2. The maximum absolute atomic E-state index is 12.2. The van der Waals surface area contributed by atoms with Crippen LogP contribution in [0, 0.1) is 6.92 Å². The molecule has 3 aromatic rings. The Bertz CT molecular complexity index is 920. The molecule has 0 aliphatic carbocycles. The maximum Gasteiger partial charge on any atom is 0.262 e. The number of carbonyl (C=O) groups excluding carboxylic acids is 1. The monoisotopic (exact) mass is 332 g/mol. The van der Waals surface area contributed by atoms with Gasteiger partial charge in [0.25, 0.3) is 5.91 Å². The molecule has 0 fully saturated rings. The number of rotatable bonds is 5. The van der Waals surface area contributed by atoms with Crippen LogP contribution in [0.3, 0.4) is 0 Å². The summed E-state index contributed by atoms with van der Waals surface area (Å²) in [5.41, 5.74) is 5.04. The van der Waals surface area contributed by atoms with E-state index in [0.29, 0.717) is 5.69 Å². The summed E-state index contributed by atoms with van der Waals surface area (Å²) >= 11 is 0. The number of aromatic nitrogens is 1. The first-order valence-corrected chi connectivity index (χ1v) is 8.14. The van der Waals surface area contributed by atoms with Gasteiger partial charge in [-0.05, 0) is 48.9 Å². The molecule has 1 unspecified atom stereocenters. The standard InChI is InChI=1S/C20H20N4O/c1-14-6-5-9-19(22-14)13-21-24-20(25)15(2)23-18-11-10-16-7-3-4-8-17(16)12-18/h3-13,15,23H,1-2H3,(H,24,25)/b21-13+. The molecular weight excluding hydrogens is 312 g/mol. The number of carbonyl (C=O) groups is 1. The molecule has 0 spiro atoms. The smallest absolute Gasteiger partial charge is 0.262 e. The first-order valence-electron chi connectivity index (χ1n) is 8.14. The molecular formula is C20H20N4O. The van der Waals surface area contributed by atoms with Gasteiger partial charge in [0.05, 0.1) is 11.9 Å². The predicted octanol–water partition coefficient (Wildman–Crippen LogP) is 3.49. The molecule has 5 heteroatoms. The van der Waals surface area contributed by atoms with Crippen molar-refractivity contribution in [1.82, 2.24) is 10.4 Å². The lowest BCUT2D eigenvalue weighted by Gasteiger charge is -2.14. The van der Waals surface area contributed by atoms with Crippen molar-refractivity contribution in [2.24, 2.45) is 5.10 Å². The molecule has 5 nitrogen and oxygen atoms in total. The number of fused-ring (bicyclic) bond motifs is 1. The number of hydrogen-bond acceptors (Lipinski definition) is 4. The Morgan fingerprint density at radius 3 is 2.68 bits per heavy atom. The van der Waals surface area contributed by atoms with Crippen molar-refractivity contribution < 1.29 is 4.79 Å². The van der Waals surface area contributed by atoms with Gasteiger partial charge in [-0.1, -0.05) is 36.4 Å². The van der Waals surface area contributed by atoms with Crippen LogP contribution in [0.4, 0.5) is 5.69 Å². The van der Waals surface area contributed by atoms with Gasteiger partial charge in [0.1, 0.15) is 6.04 Å². The van der Waals surface area contributed by atoms with E-state index >= 15 is 0 Å². The predicted molar refractivity (Wildman–Crippen MR) is 102 cm³/mol. The van der Waals surface area contributed by atoms with E-state index in [1.54, 1.807) is 6.92 Å². The van der Waals surface area contributed by atoms with E-state index in [-0.39, 0.29) is 5.91 Å². The topological polar surface area (TPSA) is 66.4 Å². The molecule has 0 bridgehead atoms. The number of hydrogen-bond donors (Lipinski definition) is 2. The van der Waals surface area contributed by atoms with Crippen LogP contribution in [0.5, 0.6) is 0 Å². The van der Waals surface area contributed by atoms with Crippen LogP contribution in [0.2, 0.25) is 0 Å². The van der Waals surface area contributed by atoms with Crippen molar-refractivity contribution in [3.05, 3.63) is 72.1 Å². The van der Waals surface area contributed by atoms with Crippen molar-refractivity contribution in [2.45, 2.75) is 19.9 Å². The third-order valence-electron chi connectivity index (χ3n) is 3.81. The largest absolute Gasteiger partial charge is 0.374 e. The summed E-state index contributed by atoms with van der Waals surface area (Å²) in [6.07, 6.45) is 1.54. The minimum absolute atomic E-state index is 0.211. The van der Waals surface area contributed by atoms with E-state index in [2.05, 4.69) is 26.9 Å². The molecule has 126 valence electrons. The molecule has 1 heterocycles. The van der Waals surface area contributed by atoms with E-state index in [1.165, 1.54) is 11.6 Å². The van der Waals surface area contributed by atoms with Crippen LogP contribution in [0.25, 0.3) is 10.8 Å². The molecule has 3 rings (SSSR count). The van der Waals surface area contributed by atoms with Gasteiger partial charge in [-0.25, -0.2) is 5.43 Å². The Morgan fingerprint density at radius 1 is 1.08 bits per heavy atom. The number of nitrogens with one attached hydrogen (secondary N) is 2. The molecule has 25 heavy (non-hydrogen) atoms. The van der Waals surface area contributed by atoms with Crippen molar-refractivity contribution in [1.29, 1.82) is 0 Å². The number of hydrazone groups is 1. The summed E-state index contributed by atoms with van der Waals surface area (Å²) in [6, 6.07) is 19.4. The van der Waals surface area contributed by atoms with E-state index in [9.17, 15) is 4.79 Å². The highest BCUT2D eigenvalue weighted by Crippen LogP contribution is 2.19. The van der Waals surface area contributed by atoms with Gasteiger partial charge < -0.3 is 5.32 Å². The maximum atomic E-state index is 12.2. The minimum atomic E-state index is -0.413. The number of benzene rings is 2. The molecule has 0 aliphatic heterocycles. The number of pyridine rings is 1. The first kappa shape index (κ1) is 16.6. The van der Waals surface area contributed by atoms with Gasteiger partial charge in [-0.15, -0.1) is 0 Å². The summed E-state index contributed by atoms with van der Waals surface area (Å²) in [6.45, 7) is 3.70. The second-order valence-corrected chi connectivity index (χ2v) is 5.87. The van der Waals surface area contributed by atoms with Gasteiger partial charge in [-0.2, -0.15) is 5.10 Å². The first-order chi connectivity index (χ1) is 12.1. The third kappa shape index (κ3) is 4.41.